The predicted molar refractivity (Wildman–Crippen MR) is 139 cm³/mol. The summed E-state index contributed by atoms with van der Waals surface area (Å²) in [6.07, 6.45) is 5.00. The van der Waals surface area contributed by atoms with E-state index in [0.29, 0.717) is 12.8 Å². The first-order valence-electron chi connectivity index (χ1n) is 11.9. The molecular formula is C24H29Cl2FN4O4S. The summed E-state index contributed by atoms with van der Waals surface area (Å²) in [6.45, 7) is 3.02. The number of hydrogen-bond donors (Lipinski definition) is 4. The number of rotatable bonds is 8. The summed E-state index contributed by atoms with van der Waals surface area (Å²) < 4.78 is 42.6. The standard InChI is InChI=1S/C24H29Cl2FN4O4S/c1-2-3-11-28-14-12-15-7-8-16(13-14)31(15)36(34,35)23-17(25)9-10-20(22(23)32)30-24(33)29-19-6-4-5-18(27)21(19)26/h4-6,9-10,14-16,28,32H,2-3,7-8,11-13H2,1H3,(H2,29,30,33)/t14?,15-,16+. The van der Waals surface area contributed by atoms with Crippen molar-refractivity contribution in [1.29, 1.82) is 0 Å². The van der Waals surface area contributed by atoms with Crippen LogP contribution in [0.2, 0.25) is 10.0 Å². The van der Waals surface area contributed by atoms with Crippen LogP contribution in [0.4, 0.5) is 20.6 Å². The SMILES string of the molecule is CCCCNC1C[C@H]2CC[C@@H](C1)N2S(=O)(=O)c1c(Cl)ccc(NC(=O)Nc2cccc(F)c2Cl)c1O. The van der Waals surface area contributed by atoms with Gasteiger partial charge in [0, 0.05) is 18.1 Å². The van der Waals surface area contributed by atoms with Gasteiger partial charge in [-0.25, -0.2) is 17.6 Å². The second kappa shape index (κ2) is 11.1. The number of hydrogen-bond acceptors (Lipinski definition) is 5. The Morgan fingerprint density at radius 1 is 1.11 bits per heavy atom. The molecule has 8 nitrogen and oxygen atoms in total. The van der Waals surface area contributed by atoms with E-state index in [9.17, 15) is 22.7 Å². The number of halogens is 3. The van der Waals surface area contributed by atoms with Crippen LogP contribution >= 0.6 is 23.2 Å². The molecule has 2 aromatic rings. The fourth-order valence-corrected chi connectivity index (χ4v) is 7.72. The van der Waals surface area contributed by atoms with E-state index in [-0.39, 0.29) is 39.5 Å². The average molecular weight is 559 g/mol. The van der Waals surface area contributed by atoms with Gasteiger partial charge in [0.1, 0.15) is 10.7 Å². The number of sulfonamides is 1. The van der Waals surface area contributed by atoms with Crippen molar-refractivity contribution < 1.29 is 22.7 Å². The molecule has 0 spiro atoms. The fourth-order valence-electron chi connectivity index (χ4n) is 5.05. The molecule has 12 heteroatoms. The number of carbonyl (C=O) groups excluding carboxylic acids is 1. The van der Waals surface area contributed by atoms with Crippen LogP contribution in [0.1, 0.15) is 45.4 Å². The normalized spacial score (nSPS) is 21.9. The number of piperidine rings is 1. The Kier molecular flexibility index (Phi) is 8.31. The number of carbonyl (C=O) groups is 1. The summed E-state index contributed by atoms with van der Waals surface area (Å²) in [4.78, 5) is 12.0. The number of benzene rings is 2. The Balaban J connectivity index is 1.54. The zero-order valence-electron chi connectivity index (χ0n) is 19.7. The largest absolute Gasteiger partial charge is 0.504 e. The van der Waals surface area contributed by atoms with Gasteiger partial charge in [-0.2, -0.15) is 4.31 Å². The maximum Gasteiger partial charge on any atom is 0.323 e. The van der Waals surface area contributed by atoms with Crippen LogP contribution in [0.5, 0.6) is 5.75 Å². The third kappa shape index (κ3) is 5.43. The van der Waals surface area contributed by atoms with E-state index in [4.69, 9.17) is 23.2 Å². The van der Waals surface area contributed by atoms with Crippen LogP contribution in [0, 0.1) is 5.82 Å². The number of fused-ring (bicyclic) bond motifs is 2. The highest BCUT2D eigenvalue weighted by Crippen LogP contribution is 2.45. The van der Waals surface area contributed by atoms with E-state index in [1.807, 2.05) is 0 Å². The van der Waals surface area contributed by atoms with Crippen LogP contribution in [0.3, 0.4) is 0 Å². The number of phenolic OH excluding ortho intramolecular Hbond substituents is 1. The first kappa shape index (κ1) is 26.9. The minimum atomic E-state index is -4.16. The minimum absolute atomic E-state index is 0.0162. The summed E-state index contributed by atoms with van der Waals surface area (Å²) in [5.74, 6) is -1.37. The number of unbranched alkanes of at least 4 members (excludes halogenated alkanes) is 1. The van der Waals surface area contributed by atoms with Crippen molar-refractivity contribution in [3.05, 3.63) is 46.2 Å². The summed E-state index contributed by atoms with van der Waals surface area (Å²) in [7, 11) is -4.16. The molecule has 0 aromatic heterocycles. The second-order valence-corrected chi connectivity index (χ2v) is 11.7. The molecule has 196 valence electrons. The highest BCUT2D eigenvalue weighted by atomic mass is 35.5. The Labute approximate surface area is 220 Å². The summed E-state index contributed by atoms with van der Waals surface area (Å²) >= 11 is 12.1. The van der Waals surface area contributed by atoms with Gasteiger partial charge in [0.2, 0.25) is 10.0 Å². The van der Waals surface area contributed by atoms with Gasteiger partial charge in [-0.05, 0) is 62.9 Å². The lowest BCUT2D eigenvalue weighted by Gasteiger charge is -2.38. The molecule has 4 rings (SSSR count). The maximum atomic E-state index is 13.7. The zero-order valence-corrected chi connectivity index (χ0v) is 22.1. The summed E-state index contributed by atoms with van der Waals surface area (Å²) in [6, 6.07) is 5.53. The van der Waals surface area contributed by atoms with Gasteiger partial charge in [-0.1, -0.05) is 42.6 Å². The Morgan fingerprint density at radius 3 is 2.44 bits per heavy atom. The van der Waals surface area contributed by atoms with Gasteiger partial charge in [0.25, 0.3) is 0 Å². The van der Waals surface area contributed by atoms with Gasteiger partial charge in [-0.15, -0.1) is 0 Å². The molecule has 0 aliphatic carbocycles. The zero-order chi connectivity index (χ0) is 26.0. The molecule has 1 unspecified atom stereocenters. The summed E-state index contributed by atoms with van der Waals surface area (Å²) in [5, 5.41) is 18.8. The number of phenols is 1. The molecule has 2 bridgehead atoms. The van der Waals surface area contributed by atoms with Crippen molar-refractivity contribution in [2.45, 2.75) is 68.5 Å². The van der Waals surface area contributed by atoms with E-state index in [2.05, 4.69) is 22.9 Å². The lowest BCUT2D eigenvalue weighted by molar-refractivity contribution is 0.206. The highest BCUT2D eigenvalue weighted by molar-refractivity contribution is 7.89. The third-order valence-electron chi connectivity index (χ3n) is 6.70. The van der Waals surface area contributed by atoms with Gasteiger partial charge >= 0.3 is 6.03 Å². The number of anilines is 2. The van der Waals surface area contributed by atoms with Crippen molar-refractivity contribution >= 4 is 50.6 Å². The van der Waals surface area contributed by atoms with E-state index >= 15 is 0 Å². The van der Waals surface area contributed by atoms with E-state index in [1.54, 1.807) is 0 Å². The molecule has 2 aliphatic rings. The first-order chi connectivity index (χ1) is 17.1. The molecule has 36 heavy (non-hydrogen) atoms. The lowest BCUT2D eigenvalue weighted by Crippen LogP contribution is -2.51. The van der Waals surface area contributed by atoms with Gasteiger partial charge in [0.15, 0.2) is 5.75 Å². The molecule has 0 saturated carbocycles. The second-order valence-electron chi connectivity index (χ2n) is 9.15. The van der Waals surface area contributed by atoms with Crippen LogP contribution in [0.25, 0.3) is 0 Å². The monoisotopic (exact) mass is 558 g/mol. The molecule has 2 fully saturated rings. The molecule has 2 aliphatic heterocycles. The van der Waals surface area contributed by atoms with E-state index in [0.717, 1.165) is 38.3 Å². The maximum absolute atomic E-state index is 13.7. The first-order valence-corrected chi connectivity index (χ1v) is 14.1. The lowest BCUT2D eigenvalue weighted by atomic mass is 9.99. The molecule has 4 N–H and O–H groups in total. The van der Waals surface area contributed by atoms with Crippen molar-refractivity contribution in [2.24, 2.45) is 0 Å². The molecule has 2 heterocycles. The third-order valence-corrected chi connectivity index (χ3v) is 9.59. The Hall–Kier alpha value is -2.11. The smallest absolute Gasteiger partial charge is 0.323 e. The van der Waals surface area contributed by atoms with Crippen molar-refractivity contribution in [3.63, 3.8) is 0 Å². The van der Waals surface area contributed by atoms with Gasteiger partial charge < -0.3 is 21.1 Å². The number of amides is 2. The quantitative estimate of drug-likeness (QED) is 0.250. The van der Waals surface area contributed by atoms with Crippen LogP contribution in [-0.4, -0.2) is 48.5 Å². The summed E-state index contributed by atoms with van der Waals surface area (Å²) in [5.41, 5.74) is -0.145. The molecular weight excluding hydrogens is 530 g/mol. The highest BCUT2D eigenvalue weighted by Gasteiger charge is 2.48. The topological polar surface area (TPSA) is 111 Å². The van der Waals surface area contributed by atoms with Crippen LogP contribution in [-0.2, 0) is 10.0 Å². The van der Waals surface area contributed by atoms with Crippen molar-refractivity contribution in [2.75, 3.05) is 17.2 Å². The van der Waals surface area contributed by atoms with Crippen LogP contribution in [0.15, 0.2) is 35.2 Å². The number of urea groups is 1. The Bertz CT molecular complexity index is 1230. The van der Waals surface area contributed by atoms with Crippen molar-refractivity contribution in [1.82, 2.24) is 9.62 Å². The van der Waals surface area contributed by atoms with Crippen LogP contribution < -0.4 is 16.0 Å². The van der Waals surface area contributed by atoms with Gasteiger partial charge in [-0.3, -0.25) is 0 Å². The van der Waals surface area contributed by atoms with E-state index < -0.39 is 32.5 Å². The fraction of sp³-hybridized carbons (Fsp3) is 0.458. The van der Waals surface area contributed by atoms with Crippen molar-refractivity contribution in [3.8, 4) is 5.75 Å². The molecule has 2 aromatic carbocycles. The van der Waals surface area contributed by atoms with Gasteiger partial charge in [0.05, 0.1) is 21.4 Å². The molecule has 0 radical (unpaired) electrons. The molecule has 2 amide bonds. The molecule has 2 saturated heterocycles. The van der Waals surface area contributed by atoms with E-state index in [1.165, 1.54) is 28.6 Å². The Morgan fingerprint density at radius 2 is 1.78 bits per heavy atom. The number of nitrogens with one attached hydrogen (secondary N) is 3. The minimum Gasteiger partial charge on any atom is -0.504 e. The number of aromatic hydroxyl groups is 1. The number of nitrogens with zero attached hydrogens (tertiary/aromatic N) is 1. The molecule has 3 atom stereocenters. The predicted octanol–water partition coefficient (Wildman–Crippen LogP) is 5.56. The average Bonchev–Trinajstić information content (AvgIpc) is 3.11.